The number of hydrogen-bond acceptors (Lipinski definition) is 35. The molecular weight excluding hydrogens is 1370 g/mol. The lowest BCUT2D eigenvalue weighted by Crippen LogP contribution is -2.62. The Kier molecular flexibility index (Phi) is 44.5. The van der Waals surface area contributed by atoms with E-state index in [1.807, 2.05) is 4.90 Å². The Hall–Kier alpha value is -8.19. The van der Waals surface area contributed by atoms with Crippen LogP contribution in [0.15, 0.2) is 0 Å². The fourth-order valence-corrected chi connectivity index (χ4v) is 10.0. The summed E-state index contributed by atoms with van der Waals surface area (Å²) in [5.41, 5.74) is -0.986. The molecular formula is C62H103N9O31. The summed E-state index contributed by atoms with van der Waals surface area (Å²) >= 11 is 0. The fourth-order valence-electron chi connectivity index (χ4n) is 10.0. The molecule has 0 aromatic heterocycles. The smallest absolute Gasteiger partial charge is 0.317 e. The van der Waals surface area contributed by atoms with Gasteiger partial charge in [0.2, 0.25) is 5.91 Å². The van der Waals surface area contributed by atoms with Gasteiger partial charge in [-0.15, -0.1) is 0 Å². The van der Waals surface area contributed by atoms with Crippen molar-refractivity contribution in [1.29, 1.82) is 0 Å². The van der Waals surface area contributed by atoms with Crippen LogP contribution in [0.5, 0.6) is 0 Å². The van der Waals surface area contributed by atoms with Crippen LogP contribution in [-0.4, -0.2) is 346 Å². The fraction of sp³-hybridized carbons (Fsp3) is 0.758. The van der Waals surface area contributed by atoms with Gasteiger partial charge in [0.25, 0.3) is 0 Å². The number of rotatable bonds is 57. The molecule has 40 nitrogen and oxygen atoms in total. The van der Waals surface area contributed by atoms with Crippen LogP contribution in [-0.2, 0) is 129 Å². The predicted octanol–water partition coefficient (Wildman–Crippen LogP) is -3.20. The molecule has 1 fully saturated rings. The number of carbonyl (C=O) groups excluding carboxylic acids is 11. The second-order valence-electron chi connectivity index (χ2n) is 24.4. The third kappa shape index (κ3) is 42.9. The Morgan fingerprint density at radius 2 is 0.755 bits per heavy atom. The van der Waals surface area contributed by atoms with E-state index in [2.05, 4.69) is 16.3 Å². The largest absolute Gasteiger partial charge is 0.480 e. The van der Waals surface area contributed by atoms with Crippen molar-refractivity contribution in [2.75, 3.05) is 184 Å². The van der Waals surface area contributed by atoms with Gasteiger partial charge < -0.3 is 92.6 Å². The summed E-state index contributed by atoms with van der Waals surface area (Å²) in [5, 5.41) is 44.3. The number of nitrogens with zero attached hydrogens (tertiary/aromatic N) is 6. The van der Waals surface area contributed by atoms with Crippen LogP contribution >= 0.6 is 0 Å². The first-order valence-corrected chi connectivity index (χ1v) is 32.6. The number of carboxylic acids is 4. The molecule has 102 heavy (non-hydrogen) atoms. The molecule has 40 heteroatoms. The van der Waals surface area contributed by atoms with Crippen molar-refractivity contribution < 1.29 is 149 Å². The molecule has 0 unspecified atom stereocenters. The number of hydroxylamine groups is 4. The van der Waals surface area contributed by atoms with Crippen molar-refractivity contribution in [3.63, 3.8) is 0 Å². The molecule has 7 N–H and O–H groups in total. The van der Waals surface area contributed by atoms with Gasteiger partial charge in [-0.1, -0.05) is 0 Å². The normalized spacial score (nSPS) is 13.5. The molecule has 0 aromatic rings. The van der Waals surface area contributed by atoms with Gasteiger partial charge in [0.1, 0.15) is 82.4 Å². The average Bonchev–Trinajstić information content (AvgIpc) is 1.50. The quantitative estimate of drug-likeness (QED) is 0.0104. The van der Waals surface area contributed by atoms with Crippen LogP contribution in [0, 0.1) is 0 Å². The lowest BCUT2D eigenvalue weighted by atomic mass is 9.89. The number of hydrogen-bond donors (Lipinski definition) is 7. The molecule has 0 spiro atoms. The maximum absolute atomic E-state index is 13.9. The van der Waals surface area contributed by atoms with E-state index >= 15 is 0 Å². The number of esters is 9. The lowest BCUT2D eigenvalue weighted by Gasteiger charge is -2.45. The second kappa shape index (κ2) is 49.4. The van der Waals surface area contributed by atoms with Crippen molar-refractivity contribution in [2.24, 2.45) is 0 Å². The predicted molar refractivity (Wildman–Crippen MR) is 346 cm³/mol. The highest BCUT2D eigenvalue weighted by Gasteiger charge is 2.45. The monoisotopic (exact) mass is 1470 g/mol. The summed E-state index contributed by atoms with van der Waals surface area (Å²) in [4.78, 5) is 209. The van der Waals surface area contributed by atoms with E-state index in [9.17, 15) is 92.3 Å². The number of carbonyl (C=O) groups is 15. The van der Waals surface area contributed by atoms with E-state index in [1.54, 1.807) is 9.96 Å². The van der Waals surface area contributed by atoms with Crippen LogP contribution < -0.4 is 16.3 Å². The van der Waals surface area contributed by atoms with E-state index in [4.69, 9.17) is 57.1 Å². The van der Waals surface area contributed by atoms with Gasteiger partial charge in [-0.3, -0.25) is 86.7 Å². The van der Waals surface area contributed by atoms with Gasteiger partial charge in [-0.2, -0.15) is 16.0 Å². The molecule has 0 bridgehead atoms. The molecule has 0 atom stereocenters. The van der Waals surface area contributed by atoms with Crippen LogP contribution in [0.4, 0.5) is 0 Å². The SMILES string of the molecule is CC(=O)OCC(COC(C)=O)(COC(C)=O)NOCCCN(CCCONC(COC(C)=O)(COC(C)=O)COC(C)=O)CCN(CCN(CCC=O)CCC(=O)NC(COC(C)=O)(COC(C)=O)COC(C)=O)OCCCC1(N(CC(=O)O)CC(=O)O)CN(CC(=O)O)CCN(CC(=O)O)C1. The minimum absolute atomic E-state index is 0.00190. The van der Waals surface area contributed by atoms with E-state index in [1.165, 1.54) is 9.80 Å². The number of aldehydes is 1. The third-order valence-electron chi connectivity index (χ3n) is 14.8. The number of carboxylic acid groups (broad SMARTS) is 4. The lowest BCUT2D eigenvalue weighted by molar-refractivity contribution is -0.167. The number of aliphatic carboxylic acids is 4. The number of amides is 1. The minimum Gasteiger partial charge on any atom is -0.480 e. The minimum atomic E-state index is -1.75. The van der Waals surface area contributed by atoms with Crippen LogP contribution in [0.25, 0.3) is 0 Å². The first-order valence-electron chi connectivity index (χ1n) is 32.6. The molecule has 0 radical (unpaired) electrons. The van der Waals surface area contributed by atoms with Crippen molar-refractivity contribution >= 4 is 89.8 Å². The molecule has 1 heterocycles. The van der Waals surface area contributed by atoms with Crippen LogP contribution in [0.1, 0.15) is 101 Å². The highest BCUT2D eigenvalue weighted by molar-refractivity contribution is 5.78. The van der Waals surface area contributed by atoms with E-state index in [0.29, 0.717) is 6.29 Å². The zero-order chi connectivity index (χ0) is 76.9. The van der Waals surface area contributed by atoms with Gasteiger partial charge in [0.15, 0.2) is 0 Å². The molecule has 1 aliphatic heterocycles. The van der Waals surface area contributed by atoms with E-state index in [-0.39, 0.29) is 137 Å². The average molecular weight is 1470 g/mol. The Morgan fingerprint density at radius 3 is 1.07 bits per heavy atom. The summed E-state index contributed by atoms with van der Waals surface area (Å²) in [7, 11) is 0. The molecule has 1 rings (SSSR count). The molecule has 1 aliphatic rings. The number of nitrogens with one attached hydrogen (secondary N) is 3. The van der Waals surface area contributed by atoms with E-state index < -0.39 is 191 Å². The molecule has 1 amide bonds. The maximum Gasteiger partial charge on any atom is 0.317 e. The Morgan fingerprint density at radius 1 is 0.422 bits per heavy atom. The van der Waals surface area contributed by atoms with Gasteiger partial charge in [-0.05, 0) is 25.7 Å². The topological polar surface area (TPSA) is 503 Å². The summed E-state index contributed by atoms with van der Waals surface area (Å²) in [6.07, 6.45) is 0.673. The van der Waals surface area contributed by atoms with Crippen LogP contribution in [0.3, 0.4) is 0 Å². The van der Waals surface area contributed by atoms with Crippen molar-refractivity contribution in [1.82, 2.24) is 45.8 Å². The van der Waals surface area contributed by atoms with E-state index in [0.717, 1.165) is 67.2 Å². The summed E-state index contributed by atoms with van der Waals surface area (Å²) in [5.74, 6) is -12.7. The molecule has 1 saturated heterocycles. The summed E-state index contributed by atoms with van der Waals surface area (Å²) < 4.78 is 47.0. The first kappa shape index (κ1) is 91.8. The third-order valence-corrected chi connectivity index (χ3v) is 14.8. The molecule has 582 valence electrons. The van der Waals surface area contributed by atoms with Gasteiger partial charge in [0.05, 0.1) is 46.0 Å². The molecule has 0 aromatic carbocycles. The van der Waals surface area contributed by atoms with Crippen molar-refractivity contribution in [3.8, 4) is 0 Å². The van der Waals surface area contributed by atoms with Gasteiger partial charge in [0, 0.05) is 159 Å². The van der Waals surface area contributed by atoms with Crippen molar-refractivity contribution in [3.05, 3.63) is 0 Å². The Bertz CT molecular complexity index is 2470. The van der Waals surface area contributed by atoms with Gasteiger partial charge in [-0.25, -0.2) is 0 Å². The zero-order valence-electron chi connectivity index (χ0n) is 59.6. The van der Waals surface area contributed by atoms with Crippen molar-refractivity contribution in [2.45, 2.75) is 123 Å². The van der Waals surface area contributed by atoms with Gasteiger partial charge >= 0.3 is 77.6 Å². The van der Waals surface area contributed by atoms with Crippen LogP contribution in [0.2, 0.25) is 0 Å². The zero-order valence-corrected chi connectivity index (χ0v) is 59.6. The standard InChI is InChI=1S/C62H103N9O31/c1-45(73)91-36-59(37-92-46(2)74,38-93-47(3)75)63-54(82)14-19-67(16-11-26-72)23-25-71(102-29-10-15-62(70(32-57(87)88)33-58(89)90)34-68(30-55(83)84)20-21-69(35-62)31-56(85)86)24-22-66(17-12-27-100-64-60(39-94-48(4)76,40-95-49(5)77)41-96-50(6)78)18-13-28-101-65-61(42-97-51(7)79,43-98-52(8)80)44-99-53(9)81/h26,64-65H,10-25,27-44H2,1-9H3,(H,63,82)(H,83,84)(H,85,86)(H,87,88)(H,89,90). The first-order chi connectivity index (χ1) is 48.0. The number of ether oxygens (including phenoxy) is 9. The second-order valence-corrected chi connectivity index (χ2v) is 24.4. The molecule has 0 aliphatic carbocycles. The molecule has 0 saturated carbocycles. The summed E-state index contributed by atoms with van der Waals surface area (Å²) in [6, 6.07) is 0. The maximum atomic E-state index is 13.9. The Balaban J connectivity index is 4.04. The Labute approximate surface area is 590 Å². The summed E-state index contributed by atoms with van der Waals surface area (Å²) in [6.45, 7) is 2.56. The highest BCUT2D eigenvalue weighted by Crippen LogP contribution is 2.28. The highest BCUT2D eigenvalue weighted by atomic mass is 16.7.